The number of rotatable bonds is 8. The highest BCUT2D eigenvalue weighted by Crippen LogP contribution is 2.32. The second kappa shape index (κ2) is 11.1. The highest BCUT2D eigenvalue weighted by molar-refractivity contribution is 5.96. The van der Waals surface area contributed by atoms with Crippen LogP contribution in [-0.4, -0.2) is 31.6 Å². The van der Waals surface area contributed by atoms with Gasteiger partial charge < -0.3 is 14.8 Å². The topological polar surface area (TPSA) is 81.7 Å². The molecule has 6 nitrogen and oxygen atoms in total. The number of amides is 1. The lowest BCUT2D eigenvalue weighted by atomic mass is 9.92. The molecule has 0 heterocycles. The first-order valence-corrected chi connectivity index (χ1v) is 10.2. The molecule has 0 aliphatic carbocycles. The number of hydrogen-bond donors (Lipinski definition) is 1. The van der Waals surface area contributed by atoms with Crippen molar-refractivity contribution in [3.63, 3.8) is 0 Å². The molecule has 0 aromatic heterocycles. The lowest BCUT2D eigenvalue weighted by Gasteiger charge is -2.20. The Morgan fingerprint density at radius 2 is 1.52 bits per heavy atom. The molecule has 2 aromatic carbocycles. The van der Waals surface area contributed by atoms with Gasteiger partial charge >= 0.3 is 11.9 Å². The first kappa shape index (κ1) is 23.9. The first-order valence-electron chi connectivity index (χ1n) is 10.2. The molecule has 6 heteroatoms. The van der Waals surface area contributed by atoms with E-state index >= 15 is 0 Å². The van der Waals surface area contributed by atoms with Crippen molar-refractivity contribution in [1.82, 2.24) is 0 Å². The van der Waals surface area contributed by atoms with Crippen LogP contribution in [-0.2, 0) is 19.1 Å². The summed E-state index contributed by atoms with van der Waals surface area (Å²) in [7, 11) is 1.31. The average Bonchev–Trinajstić information content (AvgIpc) is 2.75. The summed E-state index contributed by atoms with van der Waals surface area (Å²) in [4.78, 5) is 35.8. The lowest BCUT2D eigenvalue weighted by molar-refractivity contribution is -0.142. The van der Waals surface area contributed by atoms with Crippen LogP contribution in [0.5, 0.6) is 0 Å². The molecule has 2 rings (SSSR count). The van der Waals surface area contributed by atoms with Crippen molar-refractivity contribution < 1.29 is 23.9 Å². The Hall–Kier alpha value is -3.41. The summed E-state index contributed by atoms with van der Waals surface area (Å²) in [5, 5.41) is 2.91. The maximum atomic E-state index is 12.4. The molecular weight excluding hydrogens is 394 g/mol. The zero-order valence-electron chi connectivity index (χ0n) is 18.6. The molecule has 31 heavy (non-hydrogen) atoms. The van der Waals surface area contributed by atoms with Crippen LogP contribution in [0.15, 0.2) is 48.5 Å². The third-order valence-corrected chi connectivity index (χ3v) is 4.73. The van der Waals surface area contributed by atoms with E-state index in [1.54, 1.807) is 30.3 Å². The van der Waals surface area contributed by atoms with Crippen LogP contribution >= 0.6 is 0 Å². The molecule has 0 aliphatic heterocycles. The fourth-order valence-electron chi connectivity index (χ4n) is 3.07. The van der Waals surface area contributed by atoms with Crippen molar-refractivity contribution in [1.29, 1.82) is 0 Å². The lowest BCUT2D eigenvalue weighted by Crippen LogP contribution is -2.22. The minimum atomic E-state index is -0.631. The number of carbonyl (C=O) groups is 3. The number of para-hydroxylation sites is 1. The zero-order chi connectivity index (χ0) is 23.0. The summed E-state index contributed by atoms with van der Waals surface area (Å²) >= 11 is 0. The van der Waals surface area contributed by atoms with E-state index in [1.807, 2.05) is 18.2 Å². The van der Waals surface area contributed by atoms with Crippen LogP contribution in [0, 0.1) is 0 Å². The second-order valence-corrected chi connectivity index (χ2v) is 7.72. The summed E-state index contributed by atoms with van der Waals surface area (Å²) in [6.07, 6.45) is 2.79. The van der Waals surface area contributed by atoms with Gasteiger partial charge in [-0.2, -0.15) is 0 Å². The molecule has 164 valence electrons. The van der Waals surface area contributed by atoms with Gasteiger partial charge in [0.25, 0.3) is 5.91 Å². The zero-order valence-corrected chi connectivity index (χ0v) is 18.6. The van der Waals surface area contributed by atoms with Crippen LogP contribution in [0.3, 0.4) is 0 Å². The van der Waals surface area contributed by atoms with E-state index in [2.05, 4.69) is 37.7 Å². The predicted octanol–water partition coefficient (Wildman–Crippen LogP) is 4.92. The van der Waals surface area contributed by atoms with Gasteiger partial charge in [0.2, 0.25) is 0 Å². The Balaban J connectivity index is 1.97. The van der Waals surface area contributed by atoms with Crippen LogP contribution in [0.1, 0.15) is 66.6 Å². The highest BCUT2D eigenvalue weighted by Gasteiger charge is 2.16. The van der Waals surface area contributed by atoms with Crippen molar-refractivity contribution in [2.75, 3.05) is 19.0 Å². The number of nitrogens with one attached hydrogen (secondary N) is 1. The number of anilines is 1. The molecule has 1 amide bonds. The normalized spacial score (nSPS) is 11.1. The van der Waals surface area contributed by atoms with Crippen molar-refractivity contribution in [3.8, 4) is 0 Å². The summed E-state index contributed by atoms with van der Waals surface area (Å²) in [6, 6.07) is 12.5. The summed E-state index contributed by atoms with van der Waals surface area (Å²) < 4.78 is 9.71. The molecular formula is C25H29NO5. The van der Waals surface area contributed by atoms with Gasteiger partial charge in [-0.1, -0.05) is 58.0 Å². The molecule has 0 radical (unpaired) electrons. The number of carbonyl (C=O) groups excluding carboxylic acids is 3. The highest BCUT2D eigenvalue weighted by atomic mass is 16.5. The molecule has 1 N–H and O–H groups in total. The quantitative estimate of drug-likeness (QED) is 0.482. The molecule has 0 aliphatic rings. The second-order valence-electron chi connectivity index (χ2n) is 7.72. The van der Waals surface area contributed by atoms with Crippen LogP contribution in [0.4, 0.5) is 5.69 Å². The minimum Gasteiger partial charge on any atom is -0.465 e. The Labute approximate surface area is 183 Å². The van der Waals surface area contributed by atoms with Gasteiger partial charge in [0.1, 0.15) is 0 Å². The molecule has 2 aromatic rings. The van der Waals surface area contributed by atoms with Gasteiger partial charge in [-0.3, -0.25) is 4.79 Å². The summed E-state index contributed by atoms with van der Waals surface area (Å²) in [5.41, 5.74) is 4.00. The van der Waals surface area contributed by atoms with Gasteiger partial charge in [-0.25, -0.2) is 9.59 Å². The number of ether oxygens (including phenoxy) is 2. The minimum absolute atomic E-state index is 0.241. The third-order valence-electron chi connectivity index (χ3n) is 4.73. The van der Waals surface area contributed by atoms with E-state index in [9.17, 15) is 14.4 Å². The fourth-order valence-corrected chi connectivity index (χ4v) is 3.07. The number of esters is 2. The van der Waals surface area contributed by atoms with E-state index < -0.39 is 11.9 Å². The SMILES string of the molecule is COC(=O)c1ccc(/C=C/C(=O)OCC(=O)Nc2c(C(C)C)cccc2C(C)C)cc1. The summed E-state index contributed by atoms with van der Waals surface area (Å²) in [6.45, 7) is 7.89. The monoisotopic (exact) mass is 423 g/mol. The maximum absolute atomic E-state index is 12.4. The average molecular weight is 424 g/mol. The third kappa shape index (κ3) is 6.81. The van der Waals surface area contributed by atoms with Crippen molar-refractivity contribution >= 4 is 29.6 Å². The molecule has 0 fully saturated rings. The molecule has 0 saturated carbocycles. The fraction of sp³-hybridized carbons (Fsp3) is 0.320. The Morgan fingerprint density at radius 1 is 0.935 bits per heavy atom. The van der Waals surface area contributed by atoms with E-state index in [4.69, 9.17) is 4.74 Å². The van der Waals surface area contributed by atoms with E-state index in [-0.39, 0.29) is 24.3 Å². The van der Waals surface area contributed by atoms with E-state index in [1.165, 1.54) is 13.2 Å². The Bertz CT molecular complexity index is 932. The molecule has 0 saturated heterocycles. The largest absolute Gasteiger partial charge is 0.465 e. The van der Waals surface area contributed by atoms with Gasteiger partial charge in [-0.05, 0) is 46.7 Å². The maximum Gasteiger partial charge on any atom is 0.337 e. The van der Waals surface area contributed by atoms with Gasteiger partial charge in [0, 0.05) is 11.8 Å². The van der Waals surface area contributed by atoms with E-state index in [0.29, 0.717) is 11.1 Å². The summed E-state index contributed by atoms with van der Waals surface area (Å²) in [5.74, 6) is -0.969. The first-order chi connectivity index (χ1) is 14.7. The molecule has 0 unspecified atom stereocenters. The molecule has 0 bridgehead atoms. The number of methoxy groups -OCH3 is 1. The number of benzene rings is 2. The molecule has 0 atom stereocenters. The smallest absolute Gasteiger partial charge is 0.337 e. The number of hydrogen-bond acceptors (Lipinski definition) is 5. The van der Waals surface area contributed by atoms with Crippen molar-refractivity contribution in [2.45, 2.75) is 39.5 Å². The van der Waals surface area contributed by atoms with Gasteiger partial charge in [0.15, 0.2) is 6.61 Å². The van der Waals surface area contributed by atoms with Crippen molar-refractivity contribution in [3.05, 3.63) is 70.8 Å². The van der Waals surface area contributed by atoms with E-state index in [0.717, 1.165) is 16.8 Å². The Morgan fingerprint density at radius 3 is 2.03 bits per heavy atom. The predicted molar refractivity (Wildman–Crippen MR) is 121 cm³/mol. The Kier molecular flexibility index (Phi) is 8.55. The van der Waals surface area contributed by atoms with Gasteiger partial charge in [-0.15, -0.1) is 0 Å². The molecule has 0 spiro atoms. The van der Waals surface area contributed by atoms with Crippen molar-refractivity contribution in [2.24, 2.45) is 0 Å². The van der Waals surface area contributed by atoms with Crippen LogP contribution in [0.2, 0.25) is 0 Å². The van der Waals surface area contributed by atoms with Crippen LogP contribution in [0.25, 0.3) is 6.08 Å². The van der Waals surface area contributed by atoms with Crippen LogP contribution < -0.4 is 5.32 Å². The van der Waals surface area contributed by atoms with Gasteiger partial charge in [0.05, 0.1) is 12.7 Å². The standard InChI is InChI=1S/C25H29NO5/c1-16(2)20-7-6-8-21(17(3)4)24(20)26-22(27)15-31-23(28)14-11-18-9-12-19(13-10-18)25(29)30-5/h6-14,16-17H,15H2,1-5H3,(H,26,27)/b14-11+.